The van der Waals surface area contributed by atoms with Gasteiger partial charge < -0.3 is 15.4 Å². The van der Waals surface area contributed by atoms with Gasteiger partial charge in [-0.15, -0.1) is 0 Å². The number of primary amides is 1. The highest BCUT2D eigenvalue weighted by atomic mass is 16.5. The maximum Gasteiger partial charge on any atom is 0.259 e. The molecule has 191 valence electrons. The van der Waals surface area contributed by atoms with E-state index >= 15 is 0 Å². The van der Waals surface area contributed by atoms with E-state index in [0.29, 0.717) is 12.0 Å². The zero-order valence-corrected chi connectivity index (χ0v) is 21.4. The van der Waals surface area contributed by atoms with Crippen LogP contribution in [0.25, 0.3) is 0 Å². The molecule has 3 aromatic carbocycles. The molecule has 2 N–H and O–H groups in total. The summed E-state index contributed by atoms with van der Waals surface area (Å²) in [6.07, 6.45) is 0.548. The third-order valence-electron chi connectivity index (χ3n) is 6.98. The van der Waals surface area contributed by atoms with Crippen LogP contribution in [-0.4, -0.2) is 55.0 Å². The number of ether oxygens (including phenoxy) is 1. The van der Waals surface area contributed by atoms with Crippen molar-refractivity contribution in [3.63, 3.8) is 0 Å². The van der Waals surface area contributed by atoms with E-state index in [0.717, 1.165) is 61.0 Å². The second-order valence-electron chi connectivity index (χ2n) is 9.95. The van der Waals surface area contributed by atoms with Crippen molar-refractivity contribution in [2.24, 2.45) is 5.73 Å². The number of hydrogen-bond donors (Lipinski definition) is 1. The van der Waals surface area contributed by atoms with Gasteiger partial charge in [0.1, 0.15) is 11.8 Å². The number of rotatable bonds is 7. The lowest BCUT2D eigenvalue weighted by molar-refractivity contribution is -0.119. The molecule has 0 aromatic heterocycles. The van der Waals surface area contributed by atoms with E-state index in [4.69, 9.17) is 10.5 Å². The highest BCUT2D eigenvalue weighted by molar-refractivity contribution is 6.11. The summed E-state index contributed by atoms with van der Waals surface area (Å²) in [4.78, 5) is 32.0. The first-order valence-corrected chi connectivity index (χ1v) is 12.8. The topological polar surface area (TPSA) is 79.1 Å². The van der Waals surface area contributed by atoms with Crippen molar-refractivity contribution in [1.82, 2.24) is 4.90 Å². The molecule has 1 saturated heterocycles. The number of carbonyl (C=O) groups excluding carboxylic acids is 2. The smallest absolute Gasteiger partial charge is 0.259 e. The number of hydrogen-bond acceptors (Lipinski definition) is 5. The fourth-order valence-corrected chi connectivity index (χ4v) is 5.22. The van der Waals surface area contributed by atoms with Gasteiger partial charge in [0.05, 0.1) is 11.8 Å². The highest BCUT2D eigenvalue weighted by Crippen LogP contribution is 2.33. The largest absolute Gasteiger partial charge is 0.489 e. The average molecular weight is 498 g/mol. The van der Waals surface area contributed by atoms with Crippen molar-refractivity contribution in [3.05, 3.63) is 89.5 Å². The van der Waals surface area contributed by atoms with Crippen molar-refractivity contribution < 1.29 is 14.3 Å². The van der Waals surface area contributed by atoms with Crippen LogP contribution < -0.4 is 20.3 Å². The molecule has 1 radical (unpaired) electrons. The molecule has 2 amide bonds. The van der Waals surface area contributed by atoms with Gasteiger partial charge in [-0.3, -0.25) is 19.4 Å². The highest BCUT2D eigenvalue weighted by Gasteiger charge is 2.37. The third-order valence-corrected chi connectivity index (χ3v) is 6.98. The Labute approximate surface area is 218 Å². The molecule has 5 rings (SSSR count). The normalized spacial score (nSPS) is 17.6. The molecule has 1 atom stereocenters. The lowest BCUT2D eigenvalue weighted by atomic mass is 10.1. The van der Waals surface area contributed by atoms with Gasteiger partial charge in [0.15, 0.2) is 0 Å². The Morgan fingerprint density at radius 2 is 1.81 bits per heavy atom. The average Bonchev–Trinajstić information content (AvgIpc) is 3.29. The van der Waals surface area contributed by atoms with Gasteiger partial charge in [0.25, 0.3) is 5.91 Å². The Bertz CT molecular complexity index is 1280. The quantitative estimate of drug-likeness (QED) is 0.539. The zero-order chi connectivity index (χ0) is 25.9. The lowest BCUT2D eigenvalue weighted by Crippen LogP contribution is -2.46. The predicted octanol–water partition coefficient (Wildman–Crippen LogP) is 3.65. The van der Waals surface area contributed by atoms with Crippen molar-refractivity contribution in [1.29, 1.82) is 0 Å². The molecule has 37 heavy (non-hydrogen) atoms. The Kier molecular flexibility index (Phi) is 7.15. The van der Waals surface area contributed by atoms with Crippen molar-refractivity contribution in [2.45, 2.75) is 39.0 Å². The number of carbonyl (C=O) groups is 2. The van der Waals surface area contributed by atoms with Crippen LogP contribution in [0.4, 0.5) is 11.4 Å². The van der Waals surface area contributed by atoms with Crippen molar-refractivity contribution in [3.8, 4) is 5.75 Å². The van der Waals surface area contributed by atoms with E-state index in [1.54, 1.807) is 17.0 Å². The van der Waals surface area contributed by atoms with E-state index < -0.39 is 11.9 Å². The van der Waals surface area contributed by atoms with Gasteiger partial charge in [-0.2, -0.15) is 0 Å². The Morgan fingerprint density at radius 3 is 2.57 bits per heavy atom. The SMILES string of the molecule is CC(C)Oc1ccccc1N1CCN(Cc2cccc(C(=O)N3c4cc[c]cc4CC3C(N)=O)c2)CC1. The fraction of sp³-hybridized carbons (Fsp3) is 0.333. The predicted molar refractivity (Wildman–Crippen MR) is 145 cm³/mol. The summed E-state index contributed by atoms with van der Waals surface area (Å²) in [5.41, 5.74) is 10.1. The number of nitrogens with zero attached hydrogens (tertiary/aromatic N) is 3. The van der Waals surface area contributed by atoms with Gasteiger partial charge in [-0.25, -0.2) is 0 Å². The first-order valence-electron chi connectivity index (χ1n) is 12.8. The summed E-state index contributed by atoms with van der Waals surface area (Å²) in [6.45, 7) is 8.47. The third kappa shape index (κ3) is 5.32. The van der Waals surface area contributed by atoms with E-state index in [2.05, 4.69) is 28.0 Å². The van der Waals surface area contributed by atoms with Crippen LogP contribution >= 0.6 is 0 Å². The molecule has 0 bridgehead atoms. The molecule has 0 spiro atoms. The number of piperazine rings is 1. The van der Waals surface area contributed by atoms with E-state index in [-0.39, 0.29) is 12.0 Å². The number of para-hydroxylation sites is 2. The van der Waals surface area contributed by atoms with Gasteiger partial charge in [-0.1, -0.05) is 30.3 Å². The molecule has 3 aromatic rings. The molecular weight excluding hydrogens is 464 g/mol. The summed E-state index contributed by atoms with van der Waals surface area (Å²) >= 11 is 0. The van der Waals surface area contributed by atoms with Gasteiger partial charge in [-0.05, 0) is 67.4 Å². The molecule has 0 aliphatic carbocycles. The number of nitrogens with two attached hydrogens (primary N) is 1. The van der Waals surface area contributed by atoms with Gasteiger partial charge in [0, 0.05) is 50.4 Å². The molecule has 7 nitrogen and oxygen atoms in total. The summed E-state index contributed by atoms with van der Waals surface area (Å²) in [5.74, 6) is 0.217. The van der Waals surface area contributed by atoms with Crippen LogP contribution in [0.1, 0.15) is 35.3 Å². The number of benzene rings is 3. The first-order chi connectivity index (χ1) is 17.9. The zero-order valence-electron chi connectivity index (χ0n) is 21.4. The Morgan fingerprint density at radius 1 is 1.03 bits per heavy atom. The van der Waals surface area contributed by atoms with E-state index in [1.165, 1.54) is 0 Å². The maximum absolute atomic E-state index is 13.6. The van der Waals surface area contributed by atoms with Crippen LogP contribution in [0.2, 0.25) is 0 Å². The second-order valence-corrected chi connectivity index (χ2v) is 9.95. The minimum Gasteiger partial charge on any atom is -0.489 e. The number of amides is 2. The molecule has 7 heteroatoms. The fourth-order valence-electron chi connectivity index (χ4n) is 5.22. The molecule has 2 heterocycles. The molecule has 2 aliphatic heterocycles. The summed E-state index contributed by atoms with van der Waals surface area (Å²) in [7, 11) is 0. The second kappa shape index (κ2) is 10.6. The van der Waals surface area contributed by atoms with Crippen LogP contribution in [0.15, 0.2) is 66.7 Å². The van der Waals surface area contributed by atoms with Crippen LogP contribution in [0.5, 0.6) is 5.75 Å². The first kappa shape index (κ1) is 24.8. The standard InChI is InChI=1S/C30H33N4O3/c1-21(2)37-28-13-6-5-12-26(28)33-16-14-32(15-17-33)20-22-8-7-10-24(18-22)30(36)34-25-11-4-3-9-23(25)19-27(34)29(31)35/h4-13,18,21,27H,14-17,19-20H2,1-2H3,(H2,31,35). The molecule has 1 unspecified atom stereocenters. The van der Waals surface area contributed by atoms with Crippen LogP contribution in [0.3, 0.4) is 0 Å². The lowest BCUT2D eigenvalue weighted by Gasteiger charge is -2.37. The van der Waals surface area contributed by atoms with E-state index in [1.807, 2.05) is 56.3 Å². The minimum atomic E-state index is -0.683. The Hall–Kier alpha value is -3.84. The van der Waals surface area contributed by atoms with Crippen LogP contribution in [0, 0.1) is 6.07 Å². The molecule has 1 fully saturated rings. The molecule has 0 saturated carbocycles. The monoisotopic (exact) mass is 497 g/mol. The van der Waals surface area contributed by atoms with Gasteiger partial charge in [0.2, 0.25) is 5.91 Å². The number of fused-ring (bicyclic) bond motifs is 1. The summed E-state index contributed by atoms with van der Waals surface area (Å²) in [6, 6.07) is 23.7. The Balaban J connectivity index is 1.26. The molecular formula is C30H33N4O3. The summed E-state index contributed by atoms with van der Waals surface area (Å²) in [5, 5.41) is 0. The van der Waals surface area contributed by atoms with Crippen molar-refractivity contribution >= 4 is 23.2 Å². The van der Waals surface area contributed by atoms with Crippen molar-refractivity contribution in [2.75, 3.05) is 36.0 Å². The van der Waals surface area contributed by atoms with Gasteiger partial charge >= 0.3 is 0 Å². The minimum absolute atomic E-state index is 0.128. The van der Waals surface area contributed by atoms with Crippen LogP contribution in [-0.2, 0) is 17.8 Å². The number of anilines is 2. The molecule has 2 aliphatic rings. The summed E-state index contributed by atoms with van der Waals surface area (Å²) < 4.78 is 6.02. The van der Waals surface area contributed by atoms with E-state index in [9.17, 15) is 9.59 Å². The maximum atomic E-state index is 13.6.